The Morgan fingerprint density at radius 3 is 2.05 bits per heavy atom. The van der Waals surface area contributed by atoms with Crippen molar-refractivity contribution in [2.75, 3.05) is 21.3 Å². The number of carbonyl (C=O) groups excluding carboxylic acids is 1. The van der Waals surface area contributed by atoms with Gasteiger partial charge in [0.05, 0.1) is 27.0 Å². The number of benzene rings is 1. The standard InChI is InChI=1S/C15H15NO4/c1-18-13-6-11(7-14(19-2)15(13)20-3)12-5-4-10(9-17)8-16-12/h4-9H,1-3H3. The predicted molar refractivity (Wildman–Crippen MR) is 74.7 cm³/mol. The van der Waals surface area contributed by atoms with Crippen LogP contribution in [0.25, 0.3) is 11.3 Å². The summed E-state index contributed by atoms with van der Waals surface area (Å²) < 4.78 is 15.9. The van der Waals surface area contributed by atoms with Crippen molar-refractivity contribution in [3.8, 4) is 28.5 Å². The minimum atomic E-state index is 0.529. The van der Waals surface area contributed by atoms with Gasteiger partial charge in [-0.25, -0.2) is 0 Å². The second-order valence-electron chi connectivity index (χ2n) is 4.01. The van der Waals surface area contributed by atoms with Gasteiger partial charge in [-0.1, -0.05) is 0 Å². The van der Waals surface area contributed by atoms with Gasteiger partial charge >= 0.3 is 0 Å². The molecule has 5 nitrogen and oxygen atoms in total. The molecule has 0 saturated heterocycles. The van der Waals surface area contributed by atoms with Crippen molar-refractivity contribution in [1.29, 1.82) is 0 Å². The molecule has 1 aromatic heterocycles. The van der Waals surface area contributed by atoms with Crippen LogP contribution in [0.1, 0.15) is 10.4 Å². The average Bonchev–Trinajstić information content (AvgIpc) is 2.53. The van der Waals surface area contributed by atoms with E-state index in [0.29, 0.717) is 22.8 Å². The lowest BCUT2D eigenvalue weighted by molar-refractivity contribution is 0.112. The van der Waals surface area contributed by atoms with Crippen LogP contribution in [0.4, 0.5) is 0 Å². The van der Waals surface area contributed by atoms with Crippen LogP contribution in [0.3, 0.4) is 0 Å². The summed E-state index contributed by atoms with van der Waals surface area (Å²) in [6.45, 7) is 0. The Hall–Kier alpha value is -2.56. The van der Waals surface area contributed by atoms with E-state index in [1.54, 1.807) is 33.5 Å². The van der Waals surface area contributed by atoms with Crippen molar-refractivity contribution in [3.63, 3.8) is 0 Å². The number of methoxy groups -OCH3 is 3. The van der Waals surface area contributed by atoms with Crippen LogP contribution in [0.2, 0.25) is 0 Å². The lowest BCUT2D eigenvalue weighted by atomic mass is 10.1. The van der Waals surface area contributed by atoms with Crippen LogP contribution < -0.4 is 14.2 Å². The van der Waals surface area contributed by atoms with Crippen molar-refractivity contribution >= 4 is 6.29 Å². The first-order chi connectivity index (χ1) is 9.73. The molecular formula is C15H15NO4. The Labute approximate surface area is 117 Å². The molecule has 0 bridgehead atoms. The molecule has 1 aromatic carbocycles. The Kier molecular flexibility index (Phi) is 4.20. The summed E-state index contributed by atoms with van der Waals surface area (Å²) in [5, 5.41) is 0. The molecule has 0 aliphatic heterocycles. The topological polar surface area (TPSA) is 57.7 Å². The first-order valence-corrected chi connectivity index (χ1v) is 5.95. The highest BCUT2D eigenvalue weighted by Gasteiger charge is 2.14. The van der Waals surface area contributed by atoms with E-state index in [9.17, 15) is 4.79 Å². The van der Waals surface area contributed by atoms with Gasteiger partial charge in [0.2, 0.25) is 5.75 Å². The molecule has 0 unspecified atom stereocenters. The SMILES string of the molecule is COc1cc(-c2ccc(C=O)cn2)cc(OC)c1OC. The number of pyridine rings is 1. The summed E-state index contributed by atoms with van der Waals surface area (Å²) in [6, 6.07) is 7.09. The average molecular weight is 273 g/mol. The highest BCUT2D eigenvalue weighted by molar-refractivity contribution is 5.76. The smallest absolute Gasteiger partial charge is 0.203 e. The molecule has 2 aromatic rings. The normalized spacial score (nSPS) is 9.95. The van der Waals surface area contributed by atoms with E-state index in [1.807, 2.05) is 12.1 Å². The number of aromatic nitrogens is 1. The van der Waals surface area contributed by atoms with Crippen molar-refractivity contribution in [1.82, 2.24) is 4.98 Å². The van der Waals surface area contributed by atoms with Crippen LogP contribution >= 0.6 is 0 Å². The fourth-order valence-corrected chi connectivity index (χ4v) is 1.87. The Morgan fingerprint density at radius 1 is 1.00 bits per heavy atom. The van der Waals surface area contributed by atoms with E-state index in [-0.39, 0.29) is 0 Å². The lowest BCUT2D eigenvalue weighted by Gasteiger charge is -2.13. The van der Waals surface area contributed by atoms with Crippen molar-refractivity contribution in [3.05, 3.63) is 36.0 Å². The fourth-order valence-electron chi connectivity index (χ4n) is 1.87. The lowest BCUT2D eigenvalue weighted by Crippen LogP contribution is -1.96. The highest BCUT2D eigenvalue weighted by Crippen LogP contribution is 2.40. The zero-order chi connectivity index (χ0) is 14.5. The molecule has 0 atom stereocenters. The van der Waals surface area contributed by atoms with Crippen molar-refractivity contribution in [2.45, 2.75) is 0 Å². The summed E-state index contributed by atoms with van der Waals surface area (Å²) in [5.74, 6) is 1.65. The van der Waals surface area contributed by atoms with Gasteiger partial charge in [0.1, 0.15) is 0 Å². The van der Waals surface area contributed by atoms with Gasteiger partial charge in [-0.05, 0) is 24.3 Å². The molecule has 0 aliphatic carbocycles. The number of nitrogens with zero attached hydrogens (tertiary/aromatic N) is 1. The maximum absolute atomic E-state index is 10.6. The molecule has 0 saturated carbocycles. The van der Waals surface area contributed by atoms with Gasteiger partial charge in [-0.15, -0.1) is 0 Å². The van der Waals surface area contributed by atoms with Gasteiger partial charge in [0.15, 0.2) is 17.8 Å². The van der Waals surface area contributed by atoms with E-state index in [4.69, 9.17) is 14.2 Å². The first kappa shape index (κ1) is 13.9. The third-order valence-corrected chi connectivity index (χ3v) is 2.88. The third kappa shape index (κ3) is 2.56. The number of ether oxygens (including phenoxy) is 3. The van der Waals surface area contributed by atoms with E-state index < -0.39 is 0 Å². The Balaban J connectivity index is 2.52. The van der Waals surface area contributed by atoms with Gasteiger partial charge in [0.25, 0.3) is 0 Å². The minimum absolute atomic E-state index is 0.529. The molecule has 5 heteroatoms. The van der Waals surface area contributed by atoms with E-state index in [2.05, 4.69) is 4.98 Å². The molecule has 0 spiro atoms. The quantitative estimate of drug-likeness (QED) is 0.784. The molecule has 0 fully saturated rings. The van der Waals surface area contributed by atoms with Crippen LogP contribution in [0, 0.1) is 0 Å². The maximum atomic E-state index is 10.6. The first-order valence-electron chi connectivity index (χ1n) is 5.95. The minimum Gasteiger partial charge on any atom is -0.493 e. The number of hydrogen-bond donors (Lipinski definition) is 0. The Bertz CT molecular complexity index is 583. The largest absolute Gasteiger partial charge is 0.493 e. The van der Waals surface area contributed by atoms with Gasteiger partial charge < -0.3 is 14.2 Å². The maximum Gasteiger partial charge on any atom is 0.203 e. The summed E-state index contributed by atoms with van der Waals surface area (Å²) in [6.07, 6.45) is 2.28. The number of hydrogen-bond acceptors (Lipinski definition) is 5. The molecule has 0 radical (unpaired) electrons. The summed E-state index contributed by atoms with van der Waals surface area (Å²) in [7, 11) is 4.67. The van der Waals surface area contributed by atoms with Crippen molar-refractivity contribution < 1.29 is 19.0 Å². The van der Waals surface area contributed by atoms with Crippen LogP contribution in [-0.4, -0.2) is 32.6 Å². The van der Waals surface area contributed by atoms with Crippen LogP contribution in [0.15, 0.2) is 30.5 Å². The van der Waals surface area contributed by atoms with E-state index in [1.165, 1.54) is 6.20 Å². The number of carbonyl (C=O) groups is 1. The monoisotopic (exact) mass is 273 g/mol. The number of rotatable bonds is 5. The fraction of sp³-hybridized carbons (Fsp3) is 0.200. The second-order valence-corrected chi connectivity index (χ2v) is 4.01. The van der Waals surface area contributed by atoms with Gasteiger partial charge in [-0.2, -0.15) is 0 Å². The molecular weight excluding hydrogens is 258 g/mol. The summed E-state index contributed by atoms with van der Waals surface area (Å²) in [5.41, 5.74) is 2.06. The molecule has 0 aliphatic rings. The molecule has 104 valence electrons. The molecule has 0 amide bonds. The predicted octanol–water partition coefficient (Wildman–Crippen LogP) is 2.59. The summed E-state index contributed by atoms with van der Waals surface area (Å²) in [4.78, 5) is 14.9. The van der Waals surface area contributed by atoms with E-state index in [0.717, 1.165) is 17.5 Å². The van der Waals surface area contributed by atoms with Gasteiger partial charge in [0, 0.05) is 17.3 Å². The number of aldehydes is 1. The highest BCUT2D eigenvalue weighted by atomic mass is 16.5. The van der Waals surface area contributed by atoms with Crippen LogP contribution in [-0.2, 0) is 0 Å². The third-order valence-electron chi connectivity index (χ3n) is 2.88. The van der Waals surface area contributed by atoms with E-state index >= 15 is 0 Å². The summed E-state index contributed by atoms with van der Waals surface area (Å²) >= 11 is 0. The molecule has 0 N–H and O–H groups in total. The Morgan fingerprint density at radius 2 is 1.65 bits per heavy atom. The van der Waals surface area contributed by atoms with Gasteiger partial charge in [-0.3, -0.25) is 9.78 Å². The second kappa shape index (κ2) is 6.06. The van der Waals surface area contributed by atoms with Crippen LogP contribution in [0.5, 0.6) is 17.2 Å². The van der Waals surface area contributed by atoms with Crippen molar-refractivity contribution in [2.24, 2.45) is 0 Å². The zero-order valence-electron chi connectivity index (χ0n) is 11.5. The molecule has 20 heavy (non-hydrogen) atoms. The molecule has 1 heterocycles. The zero-order valence-corrected chi connectivity index (χ0v) is 11.5. The molecule has 2 rings (SSSR count).